The molecule has 1 aromatic heterocycles. The molecule has 1 heterocycles. The molecule has 0 aliphatic carbocycles. The number of hydrogen-bond acceptors (Lipinski definition) is 4. The van der Waals surface area contributed by atoms with Gasteiger partial charge in [0.05, 0.1) is 0 Å². The molecule has 0 saturated heterocycles. The van der Waals surface area contributed by atoms with Crippen LogP contribution in [0.4, 0.5) is 4.39 Å². The van der Waals surface area contributed by atoms with Gasteiger partial charge >= 0.3 is 0 Å². The molecule has 1 aromatic carbocycles. The number of rotatable bonds is 3. The molecule has 3 nitrogen and oxygen atoms in total. The second kappa shape index (κ2) is 4.88. The van der Waals surface area contributed by atoms with Crippen molar-refractivity contribution in [2.45, 2.75) is 13.0 Å². The third-order valence-electron chi connectivity index (χ3n) is 1.94. The Labute approximate surface area is 105 Å². The summed E-state index contributed by atoms with van der Waals surface area (Å²) in [6.07, 6.45) is -0.359. The molecular weight excluding hydrogens is 295 g/mol. The molecule has 0 saturated carbocycles. The second-order valence-electron chi connectivity index (χ2n) is 3.12. The van der Waals surface area contributed by atoms with Crippen molar-refractivity contribution >= 4 is 27.5 Å². The molecular formula is C10H8BrFN2OS. The van der Waals surface area contributed by atoms with E-state index in [9.17, 15) is 4.39 Å². The van der Waals surface area contributed by atoms with E-state index in [0.717, 1.165) is 0 Å². The molecule has 0 amide bonds. The zero-order valence-electron chi connectivity index (χ0n) is 8.35. The van der Waals surface area contributed by atoms with E-state index in [-0.39, 0.29) is 11.9 Å². The molecule has 6 heteroatoms. The topological polar surface area (TPSA) is 35.0 Å². The Kier molecular flexibility index (Phi) is 3.50. The van der Waals surface area contributed by atoms with Crippen molar-refractivity contribution in [1.29, 1.82) is 0 Å². The third kappa shape index (κ3) is 2.56. The van der Waals surface area contributed by atoms with Crippen LogP contribution in [-0.2, 0) is 0 Å². The molecule has 1 atom stereocenters. The van der Waals surface area contributed by atoms with Crippen LogP contribution in [0.2, 0.25) is 0 Å². The maximum atomic E-state index is 13.5. The predicted molar refractivity (Wildman–Crippen MR) is 63.1 cm³/mol. The molecule has 16 heavy (non-hydrogen) atoms. The van der Waals surface area contributed by atoms with Crippen molar-refractivity contribution in [3.05, 3.63) is 39.8 Å². The Morgan fingerprint density at radius 2 is 2.31 bits per heavy atom. The quantitative estimate of drug-likeness (QED) is 0.869. The second-order valence-corrected chi connectivity index (χ2v) is 4.64. The predicted octanol–water partition coefficient (Wildman–Crippen LogP) is 3.58. The van der Waals surface area contributed by atoms with Gasteiger partial charge in [-0.1, -0.05) is 15.9 Å². The SMILES string of the molecule is C[C@H](Oc1ccc(Br)cc1F)c1ncsn1. The number of benzene rings is 1. The van der Waals surface area contributed by atoms with Crippen molar-refractivity contribution in [2.24, 2.45) is 0 Å². The van der Waals surface area contributed by atoms with Crippen molar-refractivity contribution in [2.75, 3.05) is 0 Å². The lowest BCUT2D eigenvalue weighted by molar-refractivity contribution is 0.208. The highest BCUT2D eigenvalue weighted by Gasteiger charge is 2.13. The highest BCUT2D eigenvalue weighted by molar-refractivity contribution is 9.10. The lowest BCUT2D eigenvalue weighted by atomic mass is 10.3. The summed E-state index contributed by atoms with van der Waals surface area (Å²) in [6, 6.07) is 4.65. The van der Waals surface area contributed by atoms with Crippen LogP contribution in [0.1, 0.15) is 18.9 Å². The van der Waals surface area contributed by atoms with Gasteiger partial charge in [0, 0.05) is 4.47 Å². The Bertz CT molecular complexity index is 478. The Morgan fingerprint density at radius 1 is 1.50 bits per heavy atom. The molecule has 0 N–H and O–H groups in total. The molecule has 0 radical (unpaired) electrons. The molecule has 84 valence electrons. The largest absolute Gasteiger partial charge is 0.480 e. The van der Waals surface area contributed by atoms with Gasteiger partial charge < -0.3 is 4.74 Å². The van der Waals surface area contributed by atoms with Gasteiger partial charge in [0.15, 0.2) is 23.5 Å². The maximum absolute atomic E-state index is 13.5. The normalized spacial score (nSPS) is 12.4. The first-order chi connectivity index (χ1) is 7.66. The van der Waals surface area contributed by atoms with Gasteiger partial charge in [-0.25, -0.2) is 9.37 Å². The van der Waals surface area contributed by atoms with E-state index >= 15 is 0 Å². The first kappa shape index (κ1) is 11.5. The molecule has 0 aliphatic heterocycles. The zero-order chi connectivity index (χ0) is 11.5. The maximum Gasteiger partial charge on any atom is 0.182 e. The van der Waals surface area contributed by atoms with Crippen LogP contribution in [0.5, 0.6) is 5.75 Å². The number of halogens is 2. The van der Waals surface area contributed by atoms with Crippen LogP contribution in [0, 0.1) is 5.82 Å². The fourth-order valence-corrected chi connectivity index (χ4v) is 2.01. The van der Waals surface area contributed by atoms with E-state index in [1.54, 1.807) is 24.6 Å². The molecule has 2 aromatic rings. The molecule has 2 rings (SSSR count). The molecule has 0 fully saturated rings. The van der Waals surface area contributed by atoms with Crippen molar-refractivity contribution < 1.29 is 9.13 Å². The summed E-state index contributed by atoms with van der Waals surface area (Å²) < 4.78 is 23.6. The van der Waals surface area contributed by atoms with Gasteiger partial charge in [0.2, 0.25) is 0 Å². The molecule has 0 unspecified atom stereocenters. The van der Waals surface area contributed by atoms with Crippen molar-refractivity contribution in [3.8, 4) is 5.75 Å². The summed E-state index contributed by atoms with van der Waals surface area (Å²) in [5.41, 5.74) is 1.62. The smallest absolute Gasteiger partial charge is 0.182 e. The van der Waals surface area contributed by atoms with Crippen LogP contribution in [0.25, 0.3) is 0 Å². The van der Waals surface area contributed by atoms with E-state index in [0.29, 0.717) is 10.3 Å². The van der Waals surface area contributed by atoms with Crippen LogP contribution in [0.15, 0.2) is 28.2 Å². The van der Waals surface area contributed by atoms with Crippen LogP contribution in [-0.4, -0.2) is 9.36 Å². The summed E-state index contributed by atoms with van der Waals surface area (Å²) in [5, 5.41) is 0. The van der Waals surface area contributed by atoms with Gasteiger partial charge in [-0.05, 0) is 36.7 Å². The monoisotopic (exact) mass is 302 g/mol. The third-order valence-corrected chi connectivity index (χ3v) is 2.93. The minimum absolute atomic E-state index is 0.200. The van der Waals surface area contributed by atoms with Gasteiger partial charge in [-0.2, -0.15) is 4.37 Å². The van der Waals surface area contributed by atoms with Crippen molar-refractivity contribution in [3.63, 3.8) is 0 Å². The van der Waals surface area contributed by atoms with Crippen LogP contribution in [0.3, 0.4) is 0 Å². The van der Waals surface area contributed by atoms with Crippen LogP contribution < -0.4 is 4.74 Å². The average Bonchev–Trinajstić information content (AvgIpc) is 2.75. The highest BCUT2D eigenvalue weighted by atomic mass is 79.9. The fraction of sp³-hybridized carbons (Fsp3) is 0.200. The van der Waals surface area contributed by atoms with Gasteiger partial charge in [0.25, 0.3) is 0 Å². The Hall–Kier alpha value is -1.01. The van der Waals surface area contributed by atoms with E-state index in [4.69, 9.17) is 4.74 Å². The van der Waals surface area contributed by atoms with E-state index in [1.165, 1.54) is 17.6 Å². The average molecular weight is 303 g/mol. The summed E-state index contributed by atoms with van der Waals surface area (Å²) in [6.45, 7) is 1.78. The Balaban J connectivity index is 2.15. The molecule has 0 spiro atoms. The summed E-state index contributed by atoms with van der Waals surface area (Å²) >= 11 is 4.43. The first-order valence-corrected chi connectivity index (χ1v) is 6.18. The van der Waals surface area contributed by atoms with Gasteiger partial charge in [0.1, 0.15) is 5.51 Å². The summed E-state index contributed by atoms with van der Waals surface area (Å²) in [5.74, 6) is 0.356. The summed E-state index contributed by atoms with van der Waals surface area (Å²) in [7, 11) is 0. The first-order valence-electron chi connectivity index (χ1n) is 4.55. The zero-order valence-corrected chi connectivity index (χ0v) is 10.8. The van der Waals surface area contributed by atoms with Gasteiger partial charge in [-0.15, -0.1) is 0 Å². The van der Waals surface area contributed by atoms with Gasteiger partial charge in [-0.3, -0.25) is 0 Å². The number of hydrogen-bond donors (Lipinski definition) is 0. The number of nitrogens with zero attached hydrogens (tertiary/aromatic N) is 2. The lowest BCUT2D eigenvalue weighted by Gasteiger charge is -2.12. The van der Waals surface area contributed by atoms with E-state index < -0.39 is 5.82 Å². The van der Waals surface area contributed by atoms with Crippen molar-refractivity contribution in [1.82, 2.24) is 9.36 Å². The Morgan fingerprint density at radius 3 is 2.94 bits per heavy atom. The number of ether oxygens (including phenoxy) is 1. The molecule has 0 bridgehead atoms. The summed E-state index contributed by atoms with van der Waals surface area (Å²) in [4.78, 5) is 4.01. The molecule has 0 aliphatic rings. The highest BCUT2D eigenvalue weighted by Crippen LogP contribution is 2.25. The minimum atomic E-state index is -0.406. The van der Waals surface area contributed by atoms with Crippen LogP contribution >= 0.6 is 27.5 Å². The lowest BCUT2D eigenvalue weighted by Crippen LogP contribution is -2.05. The minimum Gasteiger partial charge on any atom is -0.480 e. The number of aromatic nitrogens is 2. The fourth-order valence-electron chi connectivity index (χ4n) is 1.17. The standard InChI is InChI=1S/C10H8BrFN2OS/c1-6(10-13-5-16-14-10)15-9-3-2-7(11)4-8(9)12/h2-6H,1H3/t6-/m0/s1. The van der Waals surface area contributed by atoms with E-state index in [2.05, 4.69) is 25.3 Å². The van der Waals surface area contributed by atoms with E-state index in [1.807, 2.05) is 0 Å².